The summed E-state index contributed by atoms with van der Waals surface area (Å²) >= 11 is 3.95. The predicted molar refractivity (Wildman–Crippen MR) is 48.7 cm³/mol. The van der Waals surface area contributed by atoms with E-state index in [1.807, 2.05) is 5.43 Å². The minimum Gasteiger partial charge on any atom is -0.274 e. The lowest BCUT2D eigenvalue weighted by atomic mass is 10.5. The van der Waals surface area contributed by atoms with Gasteiger partial charge in [-0.25, -0.2) is 31.5 Å². The Labute approximate surface area is 79.5 Å². The van der Waals surface area contributed by atoms with E-state index in [4.69, 9.17) is 11.7 Å². The first-order valence-corrected chi connectivity index (χ1v) is 3.66. The molecule has 0 aliphatic carbocycles. The summed E-state index contributed by atoms with van der Waals surface area (Å²) in [6.07, 6.45) is 1.24. The minimum absolute atomic E-state index is 0.211. The highest BCUT2D eigenvalue weighted by atomic mass is 32.1. The molecule has 0 unspecified atom stereocenters. The lowest BCUT2D eigenvalue weighted by molar-refractivity contribution is 0.246. The van der Waals surface area contributed by atoms with Crippen molar-refractivity contribution in [2.45, 2.75) is 5.03 Å². The SMILES string of the molecule is NNC(=O)N(N)c1cc(S)ncn1. The summed E-state index contributed by atoms with van der Waals surface area (Å²) in [5, 5.41) is 1.16. The molecule has 0 atom stereocenters. The number of hydrogen-bond donors (Lipinski definition) is 4. The molecule has 7 nitrogen and oxygen atoms in total. The third-order valence-electron chi connectivity index (χ3n) is 1.23. The molecule has 1 rings (SSSR count). The van der Waals surface area contributed by atoms with Crippen molar-refractivity contribution in [3.05, 3.63) is 12.4 Å². The van der Waals surface area contributed by atoms with E-state index in [-0.39, 0.29) is 5.82 Å². The fourth-order valence-electron chi connectivity index (χ4n) is 0.643. The second-order valence-corrected chi connectivity index (χ2v) is 2.51. The molecule has 1 heterocycles. The Bertz CT molecular complexity index is 318. The van der Waals surface area contributed by atoms with E-state index in [0.717, 1.165) is 5.01 Å². The largest absolute Gasteiger partial charge is 0.351 e. The smallest absolute Gasteiger partial charge is 0.274 e. The third kappa shape index (κ3) is 2.28. The van der Waals surface area contributed by atoms with E-state index in [9.17, 15) is 4.79 Å². The molecule has 70 valence electrons. The number of hydrogen-bond acceptors (Lipinski definition) is 6. The van der Waals surface area contributed by atoms with Gasteiger partial charge in [0.2, 0.25) is 0 Å². The second-order valence-electron chi connectivity index (χ2n) is 2.05. The molecule has 5 N–H and O–H groups in total. The average molecular weight is 200 g/mol. The average Bonchev–Trinajstić information content (AvgIpc) is 2.15. The van der Waals surface area contributed by atoms with Gasteiger partial charge in [0, 0.05) is 6.07 Å². The number of nitrogens with two attached hydrogens (primary N) is 2. The fourth-order valence-corrected chi connectivity index (χ4v) is 0.810. The maximum absolute atomic E-state index is 10.9. The van der Waals surface area contributed by atoms with Crippen LogP contribution in [0, 0.1) is 0 Å². The molecule has 13 heavy (non-hydrogen) atoms. The van der Waals surface area contributed by atoms with Crippen LogP contribution in [-0.4, -0.2) is 16.0 Å². The van der Waals surface area contributed by atoms with Crippen LogP contribution in [0.3, 0.4) is 0 Å². The molecule has 0 radical (unpaired) electrons. The van der Waals surface area contributed by atoms with Gasteiger partial charge in [-0.15, -0.1) is 12.6 Å². The van der Waals surface area contributed by atoms with Gasteiger partial charge < -0.3 is 0 Å². The Morgan fingerprint density at radius 2 is 2.31 bits per heavy atom. The van der Waals surface area contributed by atoms with E-state index >= 15 is 0 Å². The monoisotopic (exact) mass is 200 g/mol. The molecule has 0 aliphatic heterocycles. The third-order valence-corrected chi connectivity index (χ3v) is 1.47. The number of anilines is 1. The fraction of sp³-hybridized carbons (Fsp3) is 0. The molecular weight excluding hydrogens is 192 g/mol. The quantitative estimate of drug-likeness (QED) is 0.153. The molecule has 0 saturated heterocycles. The highest BCUT2D eigenvalue weighted by Crippen LogP contribution is 2.09. The zero-order valence-corrected chi connectivity index (χ0v) is 7.40. The molecule has 0 bridgehead atoms. The van der Waals surface area contributed by atoms with Gasteiger partial charge in [-0.3, -0.25) is 5.43 Å². The Hall–Kier alpha value is -1.38. The van der Waals surface area contributed by atoms with Crippen LogP contribution in [0.25, 0.3) is 0 Å². The summed E-state index contributed by atoms with van der Waals surface area (Å²) in [5.41, 5.74) is 1.86. The summed E-state index contributed by atoms with van der Waals surface area (Å²) in [5.74, 6) is 10.4. The zero-order valence-electron chi connectivity index (χ0n) is 6.51. The van der Waals surface area contributed by atoms with Crippen molar-refractivity contribution in [1.82, 2.24) is 15.4 Å². The molecule has 0 aromatic carbocycles. The first-order chi connectivity index (χ1) is 6.15. The predicted octanol–water partition coefficient (Wildman–Crippen LogP) is -0.971. The standard InChI is InChI=1S/C5H8N6OS/c6-10-5(12)11(7)3-1-4(13)9-2-8-3/h1-2H,6-7H2,(H,10,12)(H,8,9,13). The van der Waals surface area contributed by atoms with Crippen molar-refractivity contribution >= 4 is 24.5 Å². The summed E-state index contributed by atoms with van der Waals surface area (Å²) in [4.78, 5) is 18.4. The number of carbonyl (C=O) groups excluding carboxylic acids is 1. The van der Waals surface area contributed by atoms with Crippen LogP contribution in [0.15, 0.2) is 17.4 Å². The number of nitrogens with one attached hydrogen (secondary N) is 1. The topological polar surface area (TPSA) is 110 Å². The van der Waals surface area contributed by atoms with Gasteiger partial charge >= 0.3 is 6.03 Å². The molecule has 0 aliphatic rings. The highest BCUT2D eigenvalue weighted by molar-refractivity contribution is 7.80. The van der Waals surface area contributed by atoms with Crippen molar-refractivity contribution in [2.75, 3.05) is 5.01 Å². The zero-order chi connectivity index (χ0) is 9.84. The summed E-state index contributed by atoms with van der Waals surface area (Å²) in [6.45, 7) is 0. The van der Waals surface area contributed by atoms with Gasteiger partial charge in [0.15, 0.2) is 5.82 Å². The number of nitrogens with zero attached hydrogens (tertiary/aromatic N) is 3. The van der Waals surface area contributed by atoms with Gasteiger partial charge in [-0.2, -0.15) is 0 Å². The summed E-state index contributed by atoms with van der Waals surface area (Å²) < 4.78 is 0. The molecule has 8 heteroatoms. The lowest BCUT2D eigenvalue weighted by Gasteiger charge is -2.13. The van der Waals surface area contributed by atoms with Crippen LogP contribution < -0.4 is 22.1 Å². The Kier molecular flexibility index (Phi) is 3.01. The van der Waals surface area contributed by atoms with E-state index in [1.54, 1.807) is 0 Å². The van der Waals surface area contributed by atoms with E-state index in [0.29, 0.717) is 5.03 Å². The van der Waals surface area contributed by atoms with E-state index in [2.05, 4.69) is 22.6 Å². The van der Waals surface area contributed by atoms with Crippen LogP contribution in [0.2, 0.25) is 0 Å². The van der Waals surface area contributed by atoms with Crippen molar-refractivity contribution in [3.8, 4) is 0 Å². The molecular formula is C5H8N6OS. The number of amides is 2. The van der Waals surface area contributed by atoms with Gasteiger partial charge in [0.05, 0.1) is 5.03 Å². The maximum atomic E-state index is 10.9. The van der Waals surface area contributed by atoms with Crippen molar-refractivity contribution < 1.29 is 4.79 Å². The van der Waals surface area contributed by atoms with Crippen LogP contribution in [0.1, 0.15) is 0 Å². The van der Waals surface area contributed by atoms with Gasteiger partial charge in [-0.05, 0) is 0 Å². The summed E-state index contributed by atoms with van der Waals surface area (Å²) in [6, 6.07) is 0.754. The van der Waals surface area contributed by atoms with Gasteiger partial charge in [-0.1, -0.05) is 0 Å². The van der Waals surface area contributed by atoms with Crippen LogP contribution >= 0.6 is 12.6 Å². The Morgan fingerprint density at radius 3 is 2.85 bits per heavy atom. The van der Waals surface area contributed by atoms with Gasteiger partial charge in [0.1, 0.15) is 6.33 Å². The Morgan fingerprint density at radius 1 is 1.62 bits per heavy atom. The van der Waals surface area contributed by atoms with Crippen molar-refractivity contribution in [3.63, 3.8) is 0 Å². The van der Waals surface area contributed by atoms with E-state index in [1.165, 1.54) is 12.4 Å². The molecule has 2 amide bonds. The molecule has 1 aromatic heterocycles. The highest BCUT2D eigenvalue weighted by Gasteiger charge is 2.10. The number of thiol groups is 1. The normalized spacial score (nSPS) is 9.46. The minimum atomic E-state index is -0.675. The molecule has 0 fully saturated rings. The Balaban J connectivity index is 2.88. The van der Waals surface area contributed by atoms with Gasteiger partial charge in [0.25, 0.3) is 0 Å². The van der Waals surface area contributed by atoms with Crippen molar-refractivity contribution in [2.24, 2.45) is 11.7 Å². The molecule has 0 saturated carbocycles. The maximum Gasteiger partial charge on any atom is 0.351 e. The number of hydrazine groups is 2. The second kappa shape index (κ2) is 4.03. The van der Waals surface area contributed by atoms with Crippen molar-refractivity contribution in [1.29, 1.82) is 0 Å². The number of aromatic nitrogens is 2. The van der Waals surface area contributed by atoms with E-state index < -0.39 is 6.03 Å². The molecule has 1 aromatic rings. The number of urea groups is 1. The first kappa shape index (κ1) is 9.71. The molecule has 0 spiro atoms. The number of carbonyl (C=O) groups is 1. The van der Waals surface area contributed by atoms with Crippen LogP contribution in [0.4, 0.5) is 10.6 Å². The van der Waals surface area contributed by atoms with Crippen LogP contribution in [-0.2, 0) is 0 Å². The lowest BCUT2D eigenvalue weighted by Crippen LogP contribution is -2.48. The van der Waals surface area contributed by atoms with Crippen LogP contribution in [0.5, 0.6) is 0 Å². The number of rotatable bonds is 1. The first-order valence-electron chi connectivity index (χ1n) is 3.21. The summed E-state index contributed by atoms with van der Waals surface area (Å²) in [7, 11) is 0.